The molecule has 0 fully saturated rings. The van der Waals surface area contributed by atoms with Crippen LogP contribution in [0, 0.1) is 0 Å². The van der Waals surface area contributed by atoms with Crippen molar-refractivity contribution in [3.63, 3.8) is 0 Å². The quantitative estimate of drug-likeness (QED) is 0.698. The Morgan fingerprint density at radius 3 is 2.67 bits per heavy atom. The highest BCUT2D eigenvalue weighted by Gasteiger charge is 2.00. The lowest BCUT2D eigenvalue weighted by molar-refractivity contribution is 0.402. The van der Waals surface area contributed by atoms with Crippen LogP contribution in [0.25, 0.3) is 11.0 Å². The molecule has 1 heterocycles. The van der Waals surface area contributed by atoms with Gasteiger partial charge in [0.1, 0.15) is 5.58 Å². The summed E-state index contributed by atoms with van der Waals surface area (Å²) in [6.45, 7) is 0.842. The van der Waals surface area contributed by atoms with Crippen molar-refractivity contribution in [3.05, 3.63) is 46.3 Å². The van der Waals surface area contributed by atoms with Gasteiger partial charge < -0.3 is 9.32 Å². The molecule has 0 aliphatic rings. The zero-order chi connectivity index (χ0) is 10.8. The van der Waals surface area contributed by atoms with E-state index in [4.69, 9.17) is 4.42 Å². The van der Waals surface area contributed by atoms with Crippen LogP contribution in [-0.4, -0.2) is 19.0 Å². The van der Waals surface area contributed by atoms with Crippen molar-refractivity contribution >= 4 is 11.0 Å². The summed E-state index contributed by atoms with van der Waals surface area (Å²) in [5.41, 5.74) is 1.49. The van der Waals surface area contributed by atoms with Gasteiger partial charge in [0, 0.05) is 18.0 Å². The molecular weight excluding hydrogens is 190 g/mol. The van der Waals surface area contributed by atoms with Gasteiger partial charge in [-0.2, -0.15) is 0 Å². The second-order valence-corrected chi connectivity index (χ2v) is 3.86. The second kappa shape index (κ2) is 3.87. The summed E-state index contributed by atoms with van der Waals surface area (Å²) < 4.78 is 5.11. The van der Waals surface area contributed by atoms with E-state index >= 15 is 0 Å². The summed E-state index contributed by atoms with van der Waals surface area (Å²) in [7, 11) is 4.01. The Kier molecular flexibility index (Phi) is 2.56. The minimum atomic E-state index is -0.301. The number of hydrogen-bond acceptors (Lipinski definition) is 3. The van der Waals surface area contributed by atoms with E-state index < -0.39 is 0 Å². The van der Waals surface area contributed by atoms with Gasteiger partial charge in [-0.3, -0.25) is 0 Å². The Labute approximate surface area is 87.9 Å². The third kappa shape index (κ3) is 2.25. The zero-order valence-electron chi connectivity index (χ0n) is 8.86. The molecule has 0 aliphatic heterocycles. The van der Waals surface area contributed by atoms with Crippen molar-refractivity contribution in [2.75, 3.05) is 14.1 Å². The van der Waals surface area contributed by atoms with Gasteiger partial charge >= 0.3 is 5.63 Å². The normalized spacial score (nSPS) is 11.1. The summed E-state index contributed by atoms with van der Waals surface area (Å²) in [6, 6.07) is 9.14. The van der Waals surface area contributed by atoms with Crippen LogP contribution in [0.2, 0.25) is 0 Å². The Morgan fingerprint density at radius 2 is 1.93 bits per heavy atom. The molecule has 3 nitrogen and oxygen atoms in total. The van der Waals surface area contributed by atoms with Crippen molar-refractivity contribution in [2.45, 2.75) is 6.54 Å². The van der Waals surface area contributed by atoms with Gasteiger partial charge in [0.05, 0.1) is 0 Å². The van der Waals surface area contributed by atoms with Gasteiger partial charge in [-0.05, 0) is 31.8 Å². The minimum absolute atomic E-state index is 0.301. The summed E-state index contributed by atoms with van der Waals surface area (Å²) >= 11 is 0. The maximum atomic E-state index is 11.0. The first-order chi connectivity index (χ1) is 7.15. The first-order valence-corrected chi connectivity index (χ1v) is 4.83. The molecule has 1 aromatic carbocycles. The van der Waals surface area contributed by atoms with Crippen LogP contribution in [-0.2, 0) is 6.54 Å². The number of rotatable bonds is 2. The van der Waals surface area contributed by atoms with Crippen LogP contribution in [0.4, 0.5) is 0 Å². The molecular formula is C12H13NO2. The summed E-state index contributed by atoms with van der Waals surface area (Å²) in [4.78, 5) is 13.1. The van der Waals surface area contributed by atoms with Crippen molar-refractivity contribution in [2.24, 2.45) is 0 Å². The van der Waals surface area contributed by atoms with Crippen molar-refractivity contribution in [1.82, 2.24) is 4.90 Å². The molecule has 0 spiro atoms. The lowest BCUT2D eigenvalue weighted by Crippen LogP contribution is -2.10. The zero-order valence-corrected chi connectivity index (χ0v) is 8.86. The maximum absolute atomic E-state index is 11.0. The van der Waals surface area contributed by atoms with Crippen LogP contribution in [0.3, 0.4) is 0 Å². The predicted octanol–water partition coefficient (Wildman–Crippen LogP) is 1.85. The SMILES string of the molecule is CN(C)Cc1ccc2ccc(=O)oc2c1. The molecule has 15 heavy (non-hydrogen) atoms. The van der Waals surface area contributed by atoms with E-state index in [0.717, 1.165) is 17.5 Å². The third-order valence-electron chi connectivity index (χ3n) is 2.19. The van der Waals surface area contributed by atoms with Crippen LogP contribution >= 0.6 is 0 Å². The Hall–Kier alpha value is -1.61. The van der Waals surface area contributed by atoms with E-state index in [0.29, 0.717) is 5.58 Å². The van der Waals surface area contributed by atoms with Gasteiger partial charge in [0.25, 0.3) is 0 Å². The van der Waals surface area contributed by atoms with Crippen molar-refractivity contribution in [1.29, 1.82) is 0 Å². The fourth-order valence-electron chi connectivity index (χ4n) is 1.57. The first kappa shape index (κ1) is 9.93. The summed E-state index contributed by atoms with van der Waals surface area (Å²) in [5, 5.41) is 0.956. The van der Waals surface area contributed by atoms with E-state index in [1.807, 2.05) is 32.3 Å². The molecule has 0 radical (unpaired) electrons. The van der Waals surface area contributed by atoms with E-state index in [2.05, 4.69) is 4.90 Å². The van der Waals surface area contributed by atoms with Crippen LogP contribution in [0.1, 0.15) is 5.56 Å². The van der Waals surface area contributed by atoms with Crippen molar-refractivity contribution < 1.29 is 4.42 Å². The van der Waals surface area contributed by atoms with Gasteiger partial charge in [0.15, 0.2) is 0 Å². The molecule has 78 valence electrons. The number of nitrogens with zero attached hydrogens (tertiary/aromatic N) is 1. The molecule has 0 saturated heterocycles. The third-order valence-corrected chi connectivity index (χ3v) is 2.19. The summed E-state index contributed by atoms with van der Waals surface area (Å²) in [5.74, 6) is 0. The van der Waals surface area contributed by atoms with Gasteiger partial charge in [-0.15, -0.1) is 0 Å². The van der Waals surface area contributed by atoms with Crippen LogP contribution in [0.15, 0.2) is 39.5 Å². The second-order valence-electron chi connectivity index (χ2n) is 3.86. The molecule has 0 saturated carbocycles. The van der Waals surface area contributed by atoms with Crippen LogP contribution < -0.4 is 5.63 Å². The lowest BCUT2D eigenvalue weighted by atomic mass is 10.1. The molecule has 0 unspecified atom stereocenters. The average Bonchev–Trinajstić information content (AvgIpc) is 2.16. The molecule has 3 heteroatoms. The number of fused-ring (bicyclic) bond motifs is 1. The summed E-state index contributed by atoms with van der Waals surface area (Å²) in [6.07, 6.45) is 0. The standard InChI is InChI=1S/C12H13NO2/c1-13(2)8-9-3-4-10-5-6-12(14)15-11(10)7-9/h3-7H,8H2,1-2H3. The van der Waals surface area contributed by atoms with E-state index in [1.54, 1.807) is 6.07 Å². The molecule has 0 atom stereocenters. The monoisotopic (exact) mass is 203 g/mol. The first-order valence-electron chi connectivity index (χ1n) is 4.83. The van der Waals surface area contributed by atoms with Gasteiger partial charge in [0.2, 0.25) is 0 Å². The molecule has 0 bridgehead atoms. The molecule has 1 aromatic heterocycles. The Balaban J connectivity index is 2.49. The van der Waals surface area contributed by atoms with Gasteiger partial charge in [-0.1, -0.05) is 12.1 Å². The molecule has 0 amide bonds. The lowest BCUT2D eigenvalue weighted by Gasteiger charge is -2.09. The largest absolute Gasteiger partial charge is 0.423 e. The Bertz CT molecular complexity index is 528. The highest BCUT2D eigenvalue weighted by atomic mass is 16.4. The smallest absolute Gasteiger partial charge is 0.336 e. The number of benzene rings is 1. The maximum Gasteiger partial charge on any atom is 0.336 e. The van der Waals surface area contributed by atoms with Crippen LogP contribution in [0.5, 0.6) is 0 Å². The van der Waals surface area contributed by atoms with E-state index in [9.17, 15) is 4.79 Å². The van der Waals surface area contributed by atoms with E-state index in [-0.39, 0.29) is 5.63 Å². The highest BCUT2D eigenvalue weighted by molar-refractivity contribution is 5.76. The fourth-order valence-corrected chi connectivity index (χ4v) is 1.57. The molecule has 0 aliphatic carbocycles. The Morgan fingerprint density at radius 1 is 1.20 bits per heavy atom. The van der Waals surface area contributed by atoms with Gasteiger partial charge in [-0.25, -0.2) is 4.79 Å². The molecule has 2 aromatic rings. The van der Waals surface area contributed by atoms with E-state index in [1.165, 1.54) is 6.07 Å². The van der Waals surface area contributed by atoms with Crippen molar-refractivity contribution in [3.8, 4) is 0 Å². The topological polar surface area (TPSA) is 33.5 Å². The fraction of sp³-hybridized carbons (Fsp3) is 0.250. The minimum Gasteiger partial charge on any atom is -0.423 e. The highest BCUT2D eigenvalue weighted by Crippen LogP contribution is 2.14. The predicted molar refractivity (Wildman–Crippen MR) is 59.9 cm³/mol. The molecule has 0 N–H and O–H groups in total. The molecule has 2 rings (SSSR count). The number of hydrogen-bond donors (Lipinski definition) is 0. The average molecular weight is 203 g/mol.